The lowest BCUT2D eigenvalue weighted by molar-refractivity contribution is 0.0955. The molecule has 1 N–H and O–H groups in total. The van der Waals surface area contributed by atoms with E-state index in [-0.39, 0.29) is 0 Å². The van der Waals surface area contributed by atoms with Gasteiger partial charge in [-0.1, -0.05) is 12.1 Å². The first-order valence-electron chi connectivity index (χ1n) is 7.33. The van der Waals surface area contributed by atoms with Crippen molar-refractivity contribution in [2.75, 3.05) is 24.7 Å². The van der Waals surface area contributed by atoms with E-state index in [2.05, 4.69) is 10.5 Å². The number of carbonyl (C=O) groups is 1. The van der Waals surface area contributed by atoms with Gasteiger partial charge in [-0.2, -0.15) is 5.10 Å². The molecule has 0 bridgehead atoms. The van der Waals surface area contributed by atoms with E-state index in [0.717, 1.165) is 16.1 Å². The summed E-state index contributed by atoms with van der Waals surface area (Å²) in [5.74, 6) is 0.244. The topological polar surface area (TPSA) is 88.1 Å². The summed E-state index contributed by atoms with van der Waals surface area (Å²) in [6, 6.07) is 13.5. The standard InChI is InChI=1S/C17H19N3O4S/c1-20(25(3,22)23)15-10-8-13(9-11-15)17(21)19-18-12-14-6-4-5-7-16(14)24-2/h4-12H,1-3H3,(H,19,21)/b18-12-. The molecule has 2 aromatic rings. The van der Waals surface area contributed by atoms with Crippen LogP contribution in [0, 0.1) is 0 Å². The molecule has 0 aromatic heterocycles. The van der Waals surface area contributed by atoms with Crippen LogP contribution in [-0.4, -0.2) is 41.0 Å². The SMILES string of the molecule is COc1ccccc1/C=N\NC(=O)c1ccc(N(C)S(C)(=O)=O)cc1. The fourth-order valence-corrected chi connectivity index (χ4v) is 2.52. The Bertz CT molecular complexity index is 877. The summed E-state index contributed by atoms with van der Waals surface area (Å²) in [6.07, 6.45) is 2.60. The quantitative estimate of drug-likeness (QED) is 0.628. The maximum atomic E-state index is 12.1. The van der Waals surface area contributed by atoms with Gasteiger partial charge in [-0.15, -0.1) is 0 Å². The number of rotatable bonds is 6. The van der Waals surface area contributed by atoms with Crippen LogP contribution in [0.4, 0.5) is 5.69 Å². The molecule has 2 aromatic carbocycles. The number of benzene rings is 2. The van der Waals surface area contributed by atoms with Crippen molar-refractivity contribution in [1.82, 2.24) is 5.43 Å². The second-order valence-corrected chi connectivity index (χ2v) is 7.23. The van der Waals surface area contributed by atoms with Crippen LogP contribution < -0.4 is 14.5 Å². The van der Waals surface area contributed by atoms with Crippen LogP contribution in [0.15, 0.2) is 53.6 Å². The van der Waals surface area contributed by atoms with Gasteiger partial charge in [-0.25, -0.2) is 13.8 Å². The minimum atomic E-state index is -3.34. The zero-order valence-electron chi connectivity index (χ0n) is 14.1. The minimum absolute atomic E-state index is 0.364. The lowest BCUT2D eigenvalue weighted by atomic mass is 10.2. The Balaban J connectivity index is 2.05. The number of para-hydroxylation sites is 1. The monoisotopic (exact) mass is 361 g/mol. The van der Waals surface area contributed by atoms with E-state index in [1.807, 2.05) is 18.2 Å². The Hall–Kier alpha value is -2.87. The number of ether oxygens (including phenoxy) is 1. The Kier molecular flexibility index (Phi) is 5.76. The molecule has 0 unspecified atom stereocenters. The molecule has 0 saturated heterocycles. The van der Waals surface area contributed by atoms with Gasteiger partial charge in [0.15, 0.2) is 0 Å². The molecule has 0 radical (unpaired) electrons. The van der Waals surface area contributed by atoms with E-state index in [4.69, 9.17) is 4.74 Å². The predicted octanol–water partition coefficient (Wildman–Crippen LogP) is 1.85. The van der Waals surface area contributed by atoms with E-state index < -0.39 is 15.9 Å². The highest BCUT2D eigenvalue weighted by Gasteiger charge is 2.12. The number of methoxy groups -OCH3 is 1. The molecule has 2 rings (SSSR count). The maximum absolute atomic E-state index is 12.1. The first-order chi connectivity index (χ1) is 11.8. The van der Waals surface area contributed by atoms with Gasteiger partial charge >= 0.3 is 0 Å². The maximum Gasteiger partial charge on any atom is 0.271 e. The summed E-state index contributed by atoms with van der Waals surface area (Å²) in [5.41, 5.74) is 3.99. The van der Waals surface area contributed by atoms with E-state index >= 15 is 0 Å². The van der Waals surface area contributed by atoms with Crippen molar-refractivity contribution in [2.24, 2.45) is 5.10 Å². The number of carbonyl (C=O) groups excluding carboxylic acids is 1. The van der Waals surface area contributed by atoms with E-state index in [9.17, 15) is 13.2 Å². The van der Waals surface area contributed by atoms with Crippen LogP contribution in [0.3, 0.4) is 0 Å². The lowest BCUT2D eigenvalue weighted by Crippen LogP contribution is -2.25. The Morgan fingerprint density at radius 1 is 1.16 bits per heavy atom. The molecule has 0 heterocycles. The predicted molar refractivity (Wildman–Crippen MR) is 97.7 cm³/mol. The molecule has 0 aliphatic rings. The number of hydrogen-bond donors (Lipinski definition) is 1. The number of amides is 1. The second kappa shape index (κ2) is 7.80. The van der Waals surface area contributed by atoms with E-state index in [1.165, 1.54) is 25.4 Å². The summed E-state index contributed by atoms with van der Waals surface area (Å²) < 4.78 is 29.3. The summed E-state index contributed by atoms with van der Waals surface area (Å²) >= 11 is 0. The normalized spacial score (nSPS) is 11.3. The Labute approximate surface area is 147 Å². The van der Waals surface area contributed by atoms with Crippen molar-refractivity contribution < 1.29 is 17.9 Å². The number of anilines is 1. The third kappa shape index (κ3) is 4.80. The number of nitrogens with zero attached hydrogens (tertiary/aromatic N) is 2. The van der Waals surface area contributed by atoms with Crippen molar-refractivity contribution in [3.63, 3.8) is 0 Å². The molecule has 0 fully saturated rings. The van der Waals surface area contributed by atoms with Crippen molar-refractivity contribution in [3.05, 3.63) is 59.7 Å². The lowest BCUT2D eigenvalue weighted by Gasteiger charge is -2.16. The average molecular weight is 361 g/mol. The van der Waals surface area contributed by atoms with Crippen molar-refractivity contribution in [2.45, 2.75) is 0 Å². The van der Waals surface area contributed by atoms with E-state index in [0.29, 0.717) is 17.0 Å². The van der Waals surface area contributed by atoms with Gasteiger partial charge in [-0.05, 0) is 36.4 Å². The third-order valence-corrected chi connectivity index (χ3v) is 4.70. The number of sulfonamides is 1. The average Bonchev–Trinajstić information content (AvgIpc) is 2.60. The fraction of sp³-hybridized carbons (Fsp3) is 0.176. The number of hydrogen-bond acceptors (Lipinski definition) is 5. The first kappa shape index (κ1) is 18.5. The number of nitrogens with one attached hydrogen (secondary N) is 1. The van der Waals surface area contributed by atoms with Crippen molar-refractivity contribution in [3.8, 4) is 5.75 Å². The largest absolute Gasteiger partial charge is 0.496 e. The molecule has 25 heavy (non-hydrogen) atoms. The molecule has 1 amide bonds. The Morgan fingerprint density at radius 3 is 2.40 bits per heavy atom. The third-order valence-electron chi connectivity index (χ3n) is 3.50. The zero-order chi connectivity index (χ0) is 18.4. The smallest absolute Gasteiger partial charge is 0.271 e. The van der Waals surface area contributed by atoms with Gasteiger partial charge in [-0.3, -0.25) is 9.10 Å². The molecule has 0 aliphatic heterocycles. The molecule has 0 saturated carbocycles. The van der Waals surface area contributed by atoms with Gasteiger partial charge in [0.1, 0.15) is 5.75 Å². The van der Waals surface area contributed by atoms with Crippen LogP contribution in [0.2, 0.25) is 0 Å². The van der Waals surface area contributed by atoms with Crippen LogP contribution in [0.25, 0.3) is 0 Å². The molecular formula is C17H19N3O4S. The van der Waals surface area contributed by atoms with Crippen LogP contribution in [0.5, 0.6) is 5.75 Å². The molecule has 7 nitrogen and oxygen atoms in total. The summed E-state index contributed by atoms with van der Waals surface area (Å²) in [5, 5.41) is 3.91. The highest BCUT2D eigenvalue weighted by molar-refractivity contribution is 7.92. The van der Waals surface area contributed by atoms with Crippen LogP contribution >= 0.6 is 0 Å². The number of hydrazone groups is 1. The molecular weight excluding hydrogens is 342 g/mol. The summed E-state index contributed by atoms with van der Waals surface area (Å²) in [7, 11) is -0.341. The fourth-order valence-electron chi connectivity index (χ4n) is 2.01. The van der Waals surface area contributed by atoms with Gasteiger partial charge in [0.2, 0.25) is 10.0 Å². The molecule has 0 aliphatic carbocycles. The second-order valence-electron chi connectivity index (χ2n) is 5.22. The molecule has 0 atom stereocenters. The highest BCUT2D eigenvalue weighted by Crippen LogP contribution is 2.16. The van der Waals surface area contributed by atoms with Crippen LogP contribution in [0.1, 0.15) is 15.9 Å². The zero-order valence-corrected chi connectivity index (χ0v) is 14.9. The van der Waals surface area contributed by atoms with Gasteiger partial charge < -0.3 is 4.74 Å². The highest BCUT2D eigenvalue weighted by atomic mass is 32.2. The van der Waals surface area contributed by atoms with Crippen LogP contribution in [-0.2, 0) is 10.0 Å². The van der Waals surface area contributed by atoms with Gasteiger partial charge in [0.05, 0.1) is 25.3 Å². The minimum Gasteiger partial charge on any atom is -0.496 e. The van der Waals surface area contributed by atoms with E-state index in [1.54, 1.807) is 25.3 Å². The van der Waals surface area contributed by atoms with Crippen molar-refractivity contribution in [1.29, 1.82) is 0 Å². The van der Waals surface area contributed by atoms with Gasteiger partial charge in [0, 0.05) is 18.2 Å². The molecule has 8 heteroatoms. The first-order valence-corrected chi connectivity index (χ1v) is 9.18. The summed E-state index contributed by atoms with van der Waals surface area (Å²) in [6.45, 7) is 0. The molecule has 132 valence electrons. The summed E-state index contributed by atoms with van der Waals surface area (Å²) in [4.78, 5) is 12.1. The van der Waals surface area contributed by atoms with Gasteiger partial charge in [0.25, 0.3) is 5.91 Å². The Morgan fingerprint density at radius 2 is 1.80 bits per heavy atom. The molecule has 0 spiro atoms. The van der Waals surface area contributed by atoms with Crippen molar-refractivity contribution >= 4 is 27.8 Å².